The molecule has 0 saturated heterocycles. The number of non-ortho nitro benzene ring substituents is 2. The second kappa shape index (κ2) is 56.0. The summed E-state index contributed by atoms with van der Waals surface area (Å²) in [5.41, 5.74) is 18.0. The van der Waals surface area contributed by atoms with Gasteiger partial charge in [0.25, 0.3) is 23.8 Å². The van der Waals surface area contributed by atoms with Crippen molar-refractivity contribution in [1.29, 1.82) is 0 Å². The zero-order valence-electron chi connectivity index (χ0n) is 80.3. The molecule has 37 nitrogen and oxygen atoms in total. The van der Waals surface area contributed by atoms with E-state index in [0.717, 1.165) is 115 Å². The number of alkyl halides is 1. The number of ketones is 2. The van der Waals surface area contributed by atoms with Gasteiger partial charge in [0.2, 0.25) is 23.6 Å². The third-order valence-electron chi connectivity index (χ3n) is 21.7. The molecular weight excluding hydrogens is 2190 g/mol. The van der Waals surface area contributed by atoms with Gasteiger partial charge in [-0.1, -0.05) is 61.4 Å². The fourth-order valence-electron chi connectivity index (χ4n) is 14.2. The number of rotatable bonds is 16. The number of nitrogen functional groups attached to an aromatic ring is 1. The fraction of sp³-hybridized carbons (Fsp3) is 0.344. The Kier molecular flexibility index (Phi) is 50.9. The number of aliphatic carboxylic acids is 1. The van der Waals surface area contributed by atoms with Gasteiger partial charge in [-0.25, -0.2) is 33.7 Å². The number of nitrogens with two attached hydrogens (primary N) is 1. The Morgan fingerprint density at radius 3 is 1.18 bits per heavy atom. The minimum absolute atomic E-state index is 0. The Hall–Kier alpha value is -6.68. The molecule has 4 heterocycles. The number of carboxylic acid groups (broad SMARTS) is 1. The Bertz CT molecular complexity index is 6620. The van der Waals surface area contributed by atoms with Crippen LogP contribution in [0, 0.1) is 20.2 Å². The van der Waals surface area contributed by atoms with Crippen LogP contribution in [0.3, 0.4) is 0 Å². The van der Waals surface area contributed by atoms with E-state index in [1.807, 2.05) is 58.0 Å². The van der Waals surface area contributed by atoms with E-state index in [4.69, 9.17) is 59.2 Å². The SMILES string of the molecule is CC(=O)O.CC1(C)C(=O)N(Cc2ccc(S(C)(=O)=O)cc2)c2ccc(N)cc21.CC1(C)C(=O)N(Cc2ccc(S(C)(=O)=O)cc2)c2ccc(N/N=C3\CCCCCC3=O)cc21.CC1(C)C(=O)N(Cc2ccc(S(C)(=O)=O)cc2)c2ccc([N+](=O)[O-])cc21.CC1(C)C(=O)Nc2ccc([N+](=O)[O-])cc21.CS(=O)(=O)c1ccc(CCl)cc1.O=C1CCCCC/C1=C/O.O=CO[O-].O=S(=O)=S(=O)=O.[Cs+].[Cs+].[H-].[Na][Na]. The van der Waals surface area contributed by atoms with Gasteiger partial charge in [0.15, 0.2) is 50.9 Å². The number of hydrazone groups is 1. The van der Waals surface area contributed by atoms with Gasteiger partial charge in [-0.2, -0.15) is 21.9 Å². The number of aliphatic hydroxyl groups excluding tert-OH is 1. The van der Waals surface area contributed by atoms with E-state index in [2.05, 4.69) is 20.7 Å². The number of carbonyl (C=O) groups is 8. The molecule has 0 radical (unpaired) electrons. The number of nitrogens with one attached hydrogen (secondary N) is 2. The number of aliphatic hydroxyl groups is 1. The number of hydrogen-bond donors (Lipinski definition) is 5. The van der Waals surface area contributed by atoms with E-state index < -0.39 is 95.4 Å². The van der Waals surface area contributed by atoms with Crippen LogP contribution in [0.25, 0.3) is 0 Å². The summed E-state index contributed by atoms with van der Waals surface area (Å²) in [7, 11) is -18.7. The molecular formula is C90H104ClCs2N9Na2O28S6. The molecule has 0 aromatic heterocycles. The third-order valence-corrected chi connectivity index (χ3v) is 27.4. The molecule has 8 aromatic rings. The number of fused-ring (bicyclic) bond motifs is 4. The van der Waals surface area contributed by atoms with E-state index in [1.54, 1.807) is 146 Å². The summed E-state index contributed by atoms with van der Waals surface area (Å²) in [6.45, 7) is 16.5. The Labute approximate surface area is 956 Å². The number of allylic oxidation sites excluding steroid dienone is 1. The van der Waals surface area contributed by atoms with Crippen molar-refractivity contribution < 1.29 is 258 Å². The van der Waals surface area contributed by atoms with Crippen molar-refractivity contribution in [3.8, 4) is 0 Å². The summed E-state index contributed by atoms with van der Waals surface area (Å²) in [4.78, 5) is 121. The average Bonchev–Trinajstić information content (AvgIpc) is 1.59. The number of amides is 4. The van der Waals surface area contributed by atoms with Crippen LogP contribution < -0.4 is 174 Å². The molecule has 138 heavy (non-hydrogen) atoms. The molecule has 4 amide bonds. The van der Waals surface area contributed by atoms with E-state index >= 15 is 0 Å². The van der Waals surface area contributed by atoms with Crippen molar-refractivity contribution in [2.45, 2.75) is 193 Å². The van der Waals surface area contributed by atoms with Crippen LogP contribution >= 0.6 is 11.6 Å². The van der Waals surface area contributed by atoms with E-state index in [1.165, 1.54) is 98.8 Å². The summed E-state index contributed by atoms with van der Waals surface area (Å²) in [6, 6.07) is 46.1. The van der Waals surface area contributed by atoms with Gasteiger partial charge in [-0.05, 0) is 235 Å². The molecule has 14 rings (SSSR count). The van der Waals surface area contributed by atoms with Crippen LogP contribution in [-0.2, 0) is 148 Å². The quantitative estimate of drug-likeness (QED) is 0.00740. The molecule has 0 unspecified atom stereocenters. The molecule has 6 aliphatic rings. The van der Waals surface area contributed by atoms with Crippen molar-refractivity contribution in [3.63, 3.8) is 0 Å². The fourth-order valence-corrected chi connectivity index (χ4v) is 16.9. The number of halogens is 1. The van der Waals surface area contributed by atoms with Crippen molar-refractivity contribution in [2.75, 3.05) is 56.2 Å². The molecule has 0 bridgehead atoms. The molecule has 2 saturated carbocycles. The number of benzene rings is 8. The number of carboxylic acids is 1. The van der Waals surface area contributed by atoms with Gasteiger partial charge >= 0.3 is 200 Å². The molecule has 0 atom stereocenters. The molecule has 6 N–H and O–H groups in total. The molecule has 2 fully saturated rings. The number of anilines is 6. The molecule has 4 aliphatic heterocycles. The Balaban J connectivity index is 0.000000562. The second-order valence-corrected chi connectivity index (χ2v) is 44.1. The van der Waals surface area contributed by atoms with Gasteiger partial charge < -0.3 is 47.5 Å². The Morgan fingerprint density at radius 2 is 0.833 bits per heavy atom. The minimum atomic E-state index is -3.28. The summed E-state index contributed by atoms with van der Waals surface area (Å²) < 4.78 is 128. The zero-order valence-corrected chi connectivity index (χ0v) is 102. The summed E-state index contributed by atoms with van der Waals surface area (Å²) in [5.74, 6) is -0.491. The first-order chi connectivity index (χ1) is 63.3. The monoisotopic (exact) mass is 2300 g/mol. The summed E-state index contributed by atoms with van der Waals surface area (Å²) >= 11 is 8.43. The number of Topliss-reactive ketones (excluding diaryl/α,β-unsaturated/α-hetero) is 2. The topological polar surface area (TPSA) is 573 Å². The van der Waals surface area contributed by atoms with Crippen LogP contribution in [0.1, 0.15) is 172 Å². The van der Waals surface area contributed by atoms with Gasteiger partial charge in [0.1, 0.15) is 5.71 Å². The number of carbonyl (C=O) groups excluding carboxylic acids is 7. The first kappa shape index (κ1) is 125. The van der Waals surface area contributed by atoms with Crippen molar-refractivity contribution in [3.05, 3.63) is 246 Å². The van der Waals surface area contributed by atoms with Crippen molar-refractivity contribution in [1.82, 2.24) is 0 Å². The van der Waals surface area contributed by atoms with Crippen molar-refractivity contribution >= 4 is 212 Å². The summed E-state index contributed by atoms with van der Waals surface area (Å²) in [6.07, 6.45) is 14.3. The molecule has 48 heteroatoms. The molecule has 724 valence electrons. The predicted molar refractivity (Wildman–Crippen MR) is 514 cm³/mol. The number of nitrogens with zero attached hydrogens (tertiary/aromatic N) is 6. The number of hydrogen-bond acceptors (Lipinski definition) is 30. The van der Waals surface area contributed by atoms with E-state index in [0.29, 0.717) is 82.6 Å². The normalized spacial score (nSPS) is 15.8. The number of nitro groups is 2. The van der Waals surface area contributed by atoms with Gasteiger partial charge in [0, 0.05) is 109 Å². The van der Waals surface area contributed by atoms with Crippen LogP contribution in [0.4, 0.5) is 45.5 Å². The average molecular weight is 2300 g/mol. The molecule has 2 aliphatic carbocycles. The summed E-state index contributed by atoms with van der Waals surface area (Å²) in [5, 5.41) is 53.1. The van der Waals surface area contributed by atoms with Crippen LogP contribution in [0.15, 0.2) is 206 Å². The zero-order chi connectivity index (χ0) is 103. The maximum atomic E-state index is 13.2. The van der Waals surface area contributed by atoms with Crippen molar-refractivity contribution in [2.24, 2.45) is 5.10 Å². The van der Waals surface area contributed by atoms with Crippen LogP contribution in [0.5, 0.6) is 0 Å². The van der Waals surface area contributed by atoms with E-state index in [-0.39, 0.29) is 213 Å². The second-order valence-electron chi connectivity index (χ2n) is 33.3. The first-order valence-electron chi connectivity index (χ1n) is 41.7. The van der Waals surface area contributed by atoms with Crippen LogP contribution in [-0.4, -0.2) is 193 Å². The predicted octanol–water partition coefficient (Wildman–Crippen LogP) is 5.69. The van der Waals surface area contributed by atoms with Gasteiger partial charge in [-0.15, -0.1) is 11.6 Å². The molecule has 0 spiro atoms. The maximum absolute atomic E-state index is 13.2. The van der Waals surface area contributed by atoms with Gasteiger partial charge in [0.05, 0.1) is 82.7 Å². The van der Waals surface area contributed by atoms with E-state index in [9.17, 15) is 82.7 Å². The number of sulfone groups is 4. The molecule has 8 aromatic carbocycles. The van der Waals surface area contributed by atoms with Gasteiger partial charge in [-0.3, -0.25) is 64.0 Å². The number of nitro benzene ring substituents is 2. The third kappa shape index (κ3) is 36.0. The first-order valence-corrected chi connectivity index (χ1v) is 60.5. The Morgan fingerprint density at radius 1 is 0.514 bits per heavy atom. The standard InChI is InChI=1S/C25H29N3O4S.C18H18N2O5S.C18H20N2O3S.C10H10N2O3.C8H9ClO2S.C8H12O2.C2H4O2.CH2O3.2Cs.2Na.O4S2.H/c1-25(2)20-15-18(26-27-21-7-5-4-6-8-23(21)29)11-14-22(20)28(24(25)30)16-17-9-12-19(13-10-17)33(3,31)32;1-18(2)15-10-13(20(22)23)6-9-16(15)19(17(18)21)11-12-4-7-14(8-5-12)26(3,24)25;1-18(2)15-10-13(19)6-9-16(15)20(17(18)21)11-12-4-7-14(8-5-12)24(3,22)23;1-10(2)7-5-6(12(14)15)3-4-8(7)11-9(10)13;1-12(10,11)8-4-2-7(6-9)3-5-8;9-6-7-4-2-1-3-5-8(7)10;1-2(3)4;2-1-4-3;;;;;1-5(2)6(3)4;/h9-15,26H,4-8,16H2,1-3H3;4-10H,11H2,1-3H3;4-10H,11,19H2,1-3H3;3-5H,1-2H3,(H,11,13);2-5H,6H2,1H3;6,9H,1-5H2;1H3,(H,3,4);1,3H;;;;;;/q;;;;;;;;2*+1;;;;-1/p-1/b27-21+;;;;;7-6-;;;;;;;;. The van der Waals surface area contributed by atoms with Crippen LogP contribution in [0.2, 0.25) is 0 Å².